The monoisotopic (exact) mass is 243 g/mol. The molecule has 0 aliphatic carbocycles. The Morgan fingerprint density at radius 3 is 2.53 bits per heavy atom. The molecule has 1 unspecified atom stereocenters. The molecule has 0 fully saturated rings. The summed E-state index contributed by atoms with van der Waals surface area (Å²) in [5, 5.41) is 0. The highest BCUT2D eigenvalue weighted by Gasteiger charge is 2.35. The van der Waals surface area contributed by atoms with Crippen LogP contribution in [-0.4, -0.2) is 12.6 Å². The fourth-order valence-electron chi connectivity index (χ4n) is 1.44. The summed E-state index contributed by atoms with van der Waals surface area (Å²) in [5.74, 6) is -2.12. The van der Waals surface area contributed by atoms with E-state index in [-0.39, 0.29) is 17.7 Å². The molecule has 17 heavy (non-hydrogen) atoms. The predicted octanol–water partition coefficient (Wildman–Crippen LogP) is 2.01. The average Bonchev–Trinajstić information content (AvgIpc) is 2.23. The maximum Gasteiger partial charge on any atom is 0.330 e. The van der Waals surface area contributed by atoms with Gasteiger partial charge in [0.05, 0.1) is 6.61 Å². The summed E-state index contributed by atoms with van der Waals surface area (Å²) < 4.78 is 31.8. The summed E-state index contributed by atoms with van der Waals surface area (Å²) in [7, 11) is 0. The molecule has 0 radical (unpaired) electrons. The van der Waals surface area contributed by atoms with E-state index in [2.05, 4.69) is 0 Å². The highest BCUT2D eigenvalue weighted by atomic mass is 19.1. The van der Waals surface area contributed by atoms with Crippen LogP contribution in [0.2, 0.25) is 0 Å². The van der Waals surface area contributed by atoms with E-state index in [1.165, 1.54) is 13.8 Å². The molecule has 0 aliphatic heterocycles. The van der Waals surface area contributed by atoms with Crippen LogP contribution in [0.4, 0.5) is 8.78 Å². The Kier molecular flexibility index (Phi) is 3.83. The number of aryl methyl sites for hydroxylation is 1. The van der Waals surface area contributed by atoms with Crippen molar-refractivity contribution in [3.63, 3.8) is 0 Å². The van der Waals surface area contributed by atoms with E-state index in [1.54, 1.807) is 6.92 Å². The summed E-state index contributed by atoms with van der Waals surface area (Å²) in [6, 6.07) is 1.94. The molecule has 0 saturated heterocycles. The molecule has 0 aliphatic rings. The lowest BCUT2D eigenvalue weighted by molar-refractivity contribution is -0.149. The molecule has 3 nitrogen and oxygen atoms in total. The molecule has 1 rings (SSSR count). The second-order valence-corrected chi connectivity index (χ2v) is 4.00. The van der Waals surface area contributed by atoms with Crippen molar-refractivity contribution in [2.45, 2.75) is 26.3 Å². The third kappa shape index (κ3) is 2.61. The van der Waals surface area contributed by atoms with Gasteiger partial charge in [-0.25, -0.2) is 13.6 Å². The second-order valence-electron chi connectivity index (χ2n) is 4.00. The van der Waals surface area contributed by atoms with Crippen LogP contribution >= 0.6 is 0 Å². The third-order valence-electron chi connectivity index (χ3n) is 2.51. The maximum absolute atomic E-state index is 13.7. The smallest absolute Gasteiger partial charge is 0.330 e. The summed E-state index contributed by atoms with van der Waals surface area (Å²) in [4.78, 5) is 11.6. The van der Waals surface area contributed by atoms with Crippen LogP contribution in [0.25, 0.3) is 0 Å². The maximum atomic E-state index is 13.7. The number of benzene rings is 1. The number of hydrogen-bond acceptors (Lipinski definition) is 3. The van der Waals surface area contributed by atoms with Crippen molar-refractivity contribution in [2.75, 3.05) is 6.61 Å². The van der Waals surface area contributed by atoms with Gasteiger partial charge in [-0.05, 0) is 38.5 Å². The first kappa shape index (κ1) is 13.6. The van der Waals surface area contributed by atoms with Crippen LogP contribution in [0.5, 0.6) is 0 Å². The first-order chi connectivity index (χ1) is 7.80. The minimum Gasteiger partial charge on any atom is -0.464 e. The molecule has 1 aromatic carbocycles. The third-order valence-corrected chi connectivity index (χ3v) is 2.51. The Morgan fingerprint density at radius 1 is 1.41 bits per heavy atom. The van der Waals surface area contributed by atoms with E-state index >= 15 is 0 Å². The van der Waals surface area contributed by atoms with Gasteiger partial charge in [0.2, 0.25) is 0 Å². The van der Waals surface area contributed by atoms with Crippen molar-refractivity contribution in [3.05, 3.63) is 34.9 Å². The Labute approximate surface area is 98.6 Å². The van der Waals surface area contributed by atoms with E-state index in [0.29, 0.717) is 0 Å². The minimum atomic E-state index is -1.70. The molecule has 1 aromatic rings. The van der Waals surface area contributed by atoms with Crippen molar-refractivity contribution in [3.8, 4) is 0 Å². The molecule has 0 spiro atoms. The van der Waals surface area contributed by atoms with Crippen molar-refractivity contribution >= 4 is 5.97 Å². The highest BCUT2D eigenvalue weighted by molar-refractivity contribution is 5.82. The molecule has 0 heterocycles. The lowest BCUT2D eigenvalue weighted by Gasteiger charge is -2.23. The van der Waals surface area contributed by atoms with Gasteiger partial charge in [0, 0.05) is 5.56 Å². The molecule has 2 N–H and O–H groups in total. The molecule has 1 atom stereocenters. The lowest BCUT2D eigenvalue weighted by atomic mass is 9.92. The number of rotatable bonds is 3. The average molecular weight is 243 g/mol. The van der Waals surface area contributed by atoms with E-state index in [0.717, 1.165) is 12.1 Å². The van der Waals surface area contributed by atoms with Gasteiger partial charge in [-0.3, -0.25) is 0 Å². The Hall–Kier alpha value is -1.49. The molecule has 0 aromatic heterocycles. The van der Waals surface area contributed by atoms with Gasteiger partial charge in [-0.1, -0.05) is 0 Å². The van der Waals surface area contributed by atoms with Crippen LogP contribution in [0.15, 0.2) is 12.1 Å². The normalized spacial score (nSPS) is 14.2. The van der Waals surface area contributed by atoms with Gasteiger partial charge >= 0.3 is 5.97 Å². The zero-order valence-electron chi connectivity index (χ0n) is 10.0. The highest BCUT2D eigenvalue weighted by Crippen LogP contribution is 2.25. The summed E-state index contributed by atoms with van der Waals surface area (Å²) >= 11 is 0. The van der Waals surface area contributed by atoms with Gasteiger partial charge in [0.1, 0.15) is 17.2 Å². The Balaban J connectivity index is 3.23. The van der Waals surface area contributed by atoms with Crippen LogP contribution in [0.1, 0.15) is 25.0 Å². The van der Waals surface area contributed by atoms with Crippen LogP contribution in [0, 0.1) is 18.6 Å². The number of carbonyl (C=O) groups excluding carboxylic acids is 1. The van der Waals surface area contributed by atoms with Gasteiger partial charge in [-0.2, -0.15) is 0 Å². The summed E-state index contributed by atoms with van der Waals surface area (Å²) in [6.45, 7) is 4.46. The number of carbonyl (C=O) groups is 1. The second kappa shape index (κ2) is 4.79. The van der Waals surface area contributed by atoms with Crippen LogP contribution in [0.3, 0.4) is 0 Å². The van der Waals surface area contributed by atoms with E-state index < -0.39 is 23.1 Å². The van der Waals surface area contributed by atoms with E-state index in [4.69, 9.17) is 10.5 Å². The molecule has 94 valence electrons. The number of nitrogens with two attached hydrogens (primary N) is 1. The zero-order chi connectivity index (χ0) is 13.2. The van der Waals surface area contributed by atoms with Crippen LogP contribution in [-0.2, 0) is 15.1 Å². The molecule has 5 heteroatoms. The van der Waals surface area contributed by atoms with Crippen molar-refractivity contribution in [1.29, 1.82) is 0 Å². The predicted molar refractivity (Wildman–Crippen MR) is 59.3 cm³/mol. The topological polar surface area (TPSA) is 52.3 Å². The number of esters is 1. The van der Waals surface area contributed by atoms with Crippen molar-refractivity contribution in [2.24, 2.45) is 5.73 Å². The minimum absolute atomic E-state index is 0.127. The molecule has 0 amide bonds. The van der Waals surface area contributed by atoms with Gasteiger partial charge in [0.25, 0.3) is 0 Å². The lowest BCUT2D eigenvalue weighted by Crippen LogP contribution is -2.44. The number of ether oxygens (including phenoxy) is 1. The zero-order valence-corrected chi connectivity index (χ0v) is 10.0. The van der Waals surface area contributed by atoms with Gasteiger partial charge in [-0.15, -0.1) is 0 Å². The molecule has 0 saturated carbocycles. The largest absolute Gasteiger partial charge is 0.464 e. The fourth-order valence-corrected chi connectivity index (χ4v) is 1.44. The number of halogens is 2. The van der Waals surface area contributed by atoms with Gasteiger partial charge in [0.15, 0.2) is 0 Å². The standard InChI is InChI=1S/C12H15F2NO2/c1-4-17-11(16)12(3,15)8-6-9(13)7(2)5-10(8)14/h5-6H,4,15H2,1-3H3. The first-order valence-electron chi connectivity index (χ1n) is 5.23. The Morgan fingerprint density at radius 2 is 2.00 bits per heavy atom. The SMILES string of the molecule is CCOC(=O)C(C)(N)c1cc(F)c(C)cc1F. The van der Waals surface area contributed by atoms with Crippen LogP contribution < -0.4 is 5.73 Å². The van der Waals surface area contributed by atoms with Crippen molar-refractivity contribution < 1.29 is 18.3 Å². The molecular weight excluding hydrogens is 228 g/mol. The quantitative estimate of drug-likeness (QED) is 0.826. The van der Waals surface area contributed by atoms with Gasteiger partial charge < -0.3 is 10.5 Å². The fraction of sp³-hybridized carbons (Fsp3) is 0.417. The molecule has 0 bridgehead atoms. The first-order valence-corrected chi connectivity index (χ1v) is 5.23. The summed E-state index contributed by atoms with van der Waals surface area (Å²) in [6.07, 6.45) is 0. The van der Waals surface area contributed by atoms with E-state index in [1.807, 2.05) is 0 Å². The van der Waals surface area contributed by atoms with E-state index in [9.17, 15) is 13.6 Å². The summed E-state index contributed by atoms with van der Waals surface area (Å²) in [5.41, 5.74) is 3.96. The Bertz CT molecular complexity index is 444. The number of hydrogen-bond donors (Lipinski definition) is 1. The van der Waals surface area contributed by atoms with Crippen molar-refractivity contribution in [1.82, 2.24) is 0 Å². The molecular formula is C12H15F2NO2.